The van der Waals surface area contributed by atoms with Crippen molar-refractivity contribution in [2.45, 2.75) is 48.0 Å². The van der Waals surface area contributed by atoms with Crippen LogP contribution in [-0.2, 0) is 4.74 Å². The topological polar surface area (TPSA) is 9.23 Å². The highest BCUT2D eigenvalue weighted by atomic mass is 16.5. The summed E-state index contributed by atoms with van der Waals surface area (Å²) in [4.78, 5) is 0. The first-order valence-electron chi connectivity index (χ1n) is 5.53. The average molecular weight is 196 g/mol. The molecule has 1 nitrogen and oxygen atoms in total. The molecule has 0 aromatic rings. The summed E-state index contributed by atoms with van der Waals surface area (Å²) >= 11 is 0. The largest absolute Gasteiger partial charge is 0.377 e. The average Bonchev–Trinajstić information content (AvgIpc) is 2.01. The van der Waals surface area contributed by atoms with Crippen molar-refractivity contribution in [2.75, 3.05) is 13.2 Å². The van der Waals surface area contributed by atoms with E-state index < -0.39 is 0 Å². The van der Waals surface area contributed by atoms with E-state index >= 15 is 0 Å². The van der Waals surface area contributed by atoms with Crippen molar-refractivity contribution in [3.63, 3.8) is 0 Å². The van der Waals surface area contributed by atoms with Crippen LogP contribution in [0.1, 0.15) is 48.0 Å². The van der Waals surface area contributed by atoms with E-state index in [-0.39, 0.29) is 5.41 Å². The van der Waals surface area contributed by atoms with E-state index in [4.69, 9.17) is 4.74 Å². The summed E-state index contributed by atoms with van der Waals surface area (Å²) in [7, 11) is 0. The Bertz CT molecular complexity index is 209. The first-order valence-corrected chi connectivity index (χ1v) is 5.53. The van der Waals surface area contributed by atoms with Crippen molar-refractivity contribution in [1.82, 2.24) is 0 Å². The predicted octanol–water partition coefficient (Wildman–Crippen LogP) is 3.80. The molecule has 0 radical (unpaired) electrons. The van der Waals surface area contributed by atoms with E-state index in [0.717, 1.165) is 19.6 Å². The summed E-state index contributed by atoms with van der Waals surface area (Å²) in [6.45, 7) is 15.5. The first-order chi connectivity index (χ1) is 6.23. The quantitative estimate of drug-likeness (QED) is 0.535. The Kier molecular flexibility index (Phi) is 3.10. The molecule has 0 saturated heterocycles. The van der Waals surface area contributed by atoms with Gasteiger partial charge in [-0.3, -0.25) is 0 Å². The molecule has 0 unspecified atom stereocenters. The number of hydrogen-bond acceptors (Lipinski definition) is 1. The van der Waals surface area contributed by atoms with Crippen LogP contribution in [0.15, 0.2) is 11.1 Å². The third kappa shape index (κ3) is 2.60. The van der Waals surface area contributed by atoms with Crippen LogP contribution in [-0.4, -0.2) is 13.2 Å². The molecule has 1 rings (SSSR count). The Labute approximate surface area is 88.5 Å². The molecule has 1 aliphatic rings. The molecule has 1 aliphatic heterocycles. The van der Waals surface area contributed by atoms with Gasteiger partial charge in [-0.15, -0.1) is 0 Å². The SMILES string of the molecule is CC(C)(C)C1=C(C(C)(C)C)COCC1. The van der Waals surface area contributed by atoms with Crippen molar-refractivity contribution in [3.05, 3.63) is 11.1 Å². The molecule has 1 heteroatoms. The minimum Gasteiger partial charge on any atom is -0.377 e. The molecule has 0 aromatic heterocycles. The lowest BCUT2D eigenvalue weighted by Crippen LogP contribution is -2.27. The van der Waals surface area contributed by atoms with Crippen LogP contribution in [0.3, 0.4) is 0 Å². The van der Waals surface area contributed by atoms with Crippen LogP contribution >= 0.6 is 0 Å². The van der Waals surface area contributed by atoms with Gasteiger partial charge in [0.1, 0.15) is 0 Å². The second-order valence-electron chi connectivity index (χ2n) is 6.26. The molecule has 0 fully saturated rings. The summed E-state index contributed by atoms with van der Waals surface area (Å²) in [6.07, 6.45) is 1.11. The fourth-order valence-corrected chi connectivity index (χ4v) is 2.08. The Morgan fingerprint density at radius 1 is 0.857 bits per heavy atom. The Balaban J connectivity index is 3.10. The predicted molar refractivity (Wildman–Crippen MR) is 61.4 cm³/mol. The molecule has 14 heavy (non-hydrogen) atoms. The monoisotopic (exact) mass is 196 g/mol. The lowest BCUT2D eigenvalue weighted by atomic mass is 9.73. The zero-order chi connectivity index (χ0) is 11.0. The zero-order valence-electron chi connectivity index (χ0n) is 10.5. The van der Waals surface area contributed by atoms with E-state index in [0.29, 0.717) is 5.41 Å². The molecule has 0 saturated carbocycles. The van der Waals surface area contributed by atoms with Gasteiger partial charge in [0.25, 0.3) is 0 Å². The van der Waals surface area contributed by atoms with Gasteiger partial charge in [-0.2, -0.15) is 0 Å². The molecule has 0 atom stereocenters. The molecular formula is C13H24O. The highest BCUT2D eigenvalue weighted by molar-refractivity contribution is 5.26. The van der Waals surface area contributed by atoms with Gasteiger partial charge in [0.15, 0.2) is 0 Å². The molecule has 0 aliphatic carbocycles. The second-order valence-corrected chi connectivity index (χ2v) is 6.26. The summed E-state index contributed by atoms with van der Waals surface area (Å²) in [5.74, 6) is 0. The van der Waals surface area contributed by atoms with Gasteiger partial charge in [0.05, 0.1) is 13.2 Å². The highest BCUT2D eigenvalue weighted by Gasteiger charge is 2.29. The molecule has 1 heterocycles. The molecule has 0 N–H and O–H groups in total. The van der Waals surface area contributed by atoms with Gasteiger partial charge in [0.2, 0.25) is 0 Å². The van der Waals surface area contributed by atoms with E-state index in [1.54, 1.807) is 5.57 Å². The standard InChI is InChI=1S/C13H24O/c1-12(2,3)10-7-8-14-9-11(10)13(4,5)6/h7-9H2,1-6H3. The van der Waals surface area contributed by atoms with Crippen molar-refractivity contribution >= 4 is 0 Å². The van der Waals surface area contributed by atoms with E-state index in [2.05, 4.69) is 41.5 Å². The van der Waals surface area contributed by atoms with E-state index in [1.165, 1.54) is 5.57 Å². The maximum atomic E-state index is 5.58. The highest BCUT2D eigenvalue weighted by Crippen LogP contribution is 2.40. The normalized spacial score (nSPS) is 20.1. The van der Waals surface area contributed by atoms with E-state index in [1.807, 2.05) is 0 Å². The third-order valence-electron chi connectivity index (χ3n) is 2.92. The van der Waals surface area contributed by atoms with Gasteiger partial charge in [-0.25, -0.2) is 0 Å². The van der Waals surface area contributed by atoms with Crippen LogP contribution in [0.5, 0.6) is 0 Å². The van der Waals surface area contributed by atoms with Gasteiger partial charge in [-0.05, 0) is 22.8 Å². The lowest BCUT2D eigenvalue weighted by Gasteiger charge is -2.36. The van der Waals surface area contributed by atoms with Gasteiger partial charge < -0.3 is 4.74 Å². The Morgan fingerprint density at radius 3 is 1.71 bits per heavy atom. The van der Waals surface area contributed by atoms with Gasteiger partial charge in [-0.1, -0.05) is 47.1 Å². The van der Waals surface area contributed by atoms with E-state index in [9.17, 15) is 0 Å². The maximum absolute atomic E-state index is 5.58. The fourth-order valence-electron chi connectivity index (χ4n) is 2.08. The Hall–Kier alpha value is -0.300. The summed E-state index contributed by atoms with van der Waals surface area (Å²) < 4.78 is 5.58. The van der Waals surface area contributed by atoms with Gasteiger partial charge in [0, 0.05) is 0 Å². The van der Waals surface area contributed by atoms with Crippen LogP contribution in [0.25, 0.3) is 0 Å². The molecular weight excluding hydrogens is 172 g/mol. The number of hydrogen-bond donors (Lipinski definition) is 0. The molecule has 0 bridgehead atoms. The van der Waals surface area contributed by atoms with Crippen molar-refractivity contribution < 1.29 is 4.74 Å². The van der Waals surface area contributed by atoms with Crippen LogP contribution in [0, 0.1) is 10.8 Å². The molecule has 82 valence electrons. The molecule has 0 spiro atoms. The third-order valence-corrected chi connectivity index (χ3v) is 2.92. The summed E-state index contributed by atoms with van der Waals surface area (Å²) in [5, 5.41) is 0. The van der Waals surface area contributed by atoms with Gasteiger partial charge >= 0.3 is 0 Å². The fraction of sp³-hybridized carbons (Fsp3) is 0.846. The maximum Gasteiger partial charge on any atom is 0.0684 e. The zero-order valence-corrected chi connectivity index (χ0v) is 10.5. The lowest BCUT2D eigenvalue weighted by molar-refractivity contribution is 0.123. The van der Waals surface area contributed by atoms with Crippen molar-refractivity contribution in [2.24, 2.45) is 10.8 Å². The minimum absolute atomic E-state index is 0.253. The second kappa shape index (κ2) is 3.69. The van der Waals surface area contributed by atoms with Crippen LogP contribution in [0.2, 0.25) is 0 Å². The summed E-state index contributed by atoms with van der Waals surface area (Å²) in [5.41, 5.74) is 3.67. The molecule has 0 amide bonds. The van der Waals surface area contributed by atoms with Crippen molar-refractivity contribution in [1.29, 1.82) is 0 Å². The number of ether oxygens (including phenoxy) is 1. The Morgan fingerprint density at radius 2 is 1.36 bits per heavy atom. The minimum atomic E-state index is 0.253. The van der Waals surface area contributed by atoms with Crippen molar-refractivity contribution in [3.8, 4) is 0 Å². The van der Waals surface area contributed by atoms with Crippen LogP contribution < -0.4 is 0 Å². The molecule has 0 aromatic carbocycles. The first kappa shape index (κ1) is 11.8. The summed E-state index contributed by atoms with van der Waals surface area (Å²) in [6, 6.07) is 0. The van der Waals surface area contributed by atoms with Crippen LogP contribution in [0.4, 0.5) is 0 Å². The smallest absolute Gasteiger partial charge is 0.0684 e. The number of rotatable bonds is 0.